The van der Waals surface area contributed by atoms with Gasteiger partial charge in [0.2, 0.25) is 0 Å². The van der Waals surface area contributed by atoms with Gasteiger partial charge >= 0.3 is 0 Å². The number of aromatic amines is 1. The van der Waals surface area contributed by atoms with E-state index < -0.39 is 0 Å². The van der Waals surface area contributed by atoms with Gasteiger partial charge in [-0.05, 0) is 44.1 Å². The first kappa shape index (κ1) is 14.7. The highest BCUT2D eigenvalue weighted by Crippen LogP contribution is 2.41. The molecule has 1 fully saturated rings. The number of H-pyrrole nitrogens is 1. The number of thiocarbonyl (C=S) groups is 1. The van der Waals surface area contributed by atoms with Crippen molar-refractivity contribution in [2.75, 3.05) is 0 Å². The van der Waals surface area contributed by atoms with E-state index in [0.717, 1.165) is 18.4 Å². The summed E-state index contributed by atoms with van der Waals surface area (Å²) in [6.07, 6.45) is 1.64. The van der Waals surface area contributed by atoms with Gasteiger partial charge < -0.3 is 9.88 Å². The van der Waals surface area contributed by atoms with Crippen molar-refractivity contribution in [1.29, 1.82) is 0 Å². The molecule has 4 rings (SSSR count). The number of amides is 1. The fraction of sp³-hybridized carbons (Fsp3) is 0.444. The van der Waals surface area contributed by atoms with E-state index in [4.69, 9.17) is 12.2 Å². The van der Waals surface area contributed by atoms with Crippen LogP contribution in [0.25, 0.3) is 10.9 Å². The van der Waals surface area contributed by atoms with Crippen molar-refractivity contribution in [3.8, 4) is 0 Å². The van der Waals surface area contributed by atoms with Gasteiger partial charge in [0.15, 0.2) is 5.11 Å². The van der Waals surface area contributed by atoms with Gasteiger partial charge in [-0.1, -0.05) is 25.1 Å². The van der Waals surface area contributed by atoms with E-state index in [9.17, 15) is 4.79 Å². The molecule has 5 heteroatoms. The summed E-state index contributed by atoms with van der Waals surface area (Å²) in [6.45, 7) is 6.30. The Labute approximate surface area is 141 Å². The lowest BCUT2D eigenvalue weighted by Gasteiger charge is -2.35. The molecule has 23 heavy (non-hydrogen) atoms. The summed E-state index contributed by atoms with van der Waals surface area (Å²) in [5, 5.41) is 1.92. The minimum atomic E-state index is -0.154. The van der Waals surface area contributed by atoms with Gasteiger partial charge in [-0.25, -0.2) is 0 Å². The summed E-state index contributed by atoms with van der Waals surface area (Å²) in [7, 11) is 0. The number of hydrogen-bond acceptors (Lipinski definition) is 2. The van der Waals surface area contributed by atoms with E-state index in [1.165, 1.54) is 16.6 Å². The minimum Gasteiger partial charge on any atom is -0.356 e. The van der Waals surface area contributed by atoms with Crippen molar-refractivity contribution in [3.63, 3.8) is 0 Å². The van der Waals surface area contributed by atoms with E-state index in [2.05, 4.69) is 48.9 Å². The lowest BCUT2D eigenvalue weighted by molar-refractivity contribution is -0.129. The van der Waals surface area contributed by atoms with Crippen molar-refractivity contribution in [2.45, 2.75) is 51.7 Å². The van der Waals surface area contributed by atoms with Crippen LogP contribution in [0.3, 0.4) is 0 Å². The third kappa shape index (κ3) is 1.89. The van der Waals surface area contributed by atoms with Crippen LogP contribution in [0.2, 0.25) is 0 Å². The van der Waals surface area contributed by atoms with E-state index in [1.807, 2.05) is 11.0 Å². The number of fused-ring (bicyclic) bond motifs is 4. The maximum atomic E-state index is 13.0. The second-order valence-corrected chi connectivity index (χ2v) is 6.98. The Morgan fingerprint density at radius 1 is 1.39 bits per heavy atom. The third-order valence-corrected chi connectivity index (χ3v) is 5.80. The van der Waals surface area contributed by atoms with Gasteiger partial charge in [-0.2, -0.15) is 0 Å². The molecule has 0 saturated carbocycles. The van der Waals surface area contributed by atoms with Gasteiger partial charge in [0.1, 0.15) is 6.04 Å². The monoisotopic (exact) mass is 327 g/mol. The first-order chi connectivity index (χ1) is 11.0. The van der Waals surface area contributed by atoms with Crippen molar-refractivity contribution < 1.29 is 4.79 Å². The SMILES string of the molecule is CCC(C)N1C(=O)C2Cc3c([nH]c4ccccc34)C(C)N2C1=S. The number of nitrogens with one attached hydrogen (secondary N) is 1. The molecule has 3 unspecified atom stereocenters. The van der Waals surface area contributed by atoms with Crippen LogP contribution >= 0.6 is 12.2 Å². The Morgan fingerprint density at radius 2 is 2.13 bits per heavy atom. The summed E-state index contributed by atoms with van der Waals surface area (Å²) in [5.41, 5.74) is 3.61. The van der Waals surface area contributed by atoms with E-state index in [0.29, 0.717) is 5.11 Å². The number of carbonyl (C=O) groups excluding carboxylic acids is 1. The summed E-state index contributed by atoms with van der Waals surface area (Å²) in [6, 6.07) is 8.42. The third-order valence-electron chi connectivity index (χ3n) is 5.40. The normalized spacial score (nSPS) is 25.0. The maximum absolute atomic E-state index is 13.0. The predicted octanol–water partition coefficient (Wildman–Crippen LogP) is 3.38. The lowest BCUT2D eigenvalue weighted by Crippen LogP contribution is -2.42. The highest BCUT2D eigenvalue weighted by molar-refractivity contribution is 7.80. The zero-order valence-corrected chi connectivity index (χ0v) is 14.5. The number of para-hydroxylation sites is 1. The molecule has 0 radical (unpaired) electrons. The van der Waals surface area contributed by atoms with E-state index in [1.54, 1.807) is 0 Å². The average Bonchev–Trinajstić information content (AvgIpc) is 3.04. The van der Waals surface area contributed by atoms with Crippen LogP contribution in [0.4, 0.5) is 0 Å². The fourth-order valence-corrected chi connectivity index (χ4v) is 4.53. The highest BCUT2D eigenvalue weighted by atomic mass is 32.1. The van der Waals surface area contributed by atoms with Crippen LogP contribution in [-0.4, -0.2) is 37.9 Å². The molecule has 0 spiro atoms. The van der Waals surface area contributed by atoms with Gasteiger partial charge in [0, 0.05) is 29.1 Å². The standard InChI is InChI=1S/C18H21N3OS/c1-4-10(2)20-17(22)15-9-13-12-7-5-6-8-14(12)19-16(13)11(3)21(15)18(20)23/h5-8,10-11,15,19H,4,9H2,1-3H3. The van der Waals surface area contributed by atoms with Crippen LogP contribution in [0.5, 0.6) is 0 Å². The molecule has 120 valence electrons. The summed E-state index contributed by atoms with van der Waals surface area (Å²) in [5.74, 6) is 0.159. The molecule has 3 atom stereocenters. The molecule has 0 aliphatic carbocycles. The molecule has 2 aliphatic rings. The fourth-order valence-electron chi connectivity index (χ4n) is 3.97. The van der Waals surface area contributed by atoms with Crippen LogP contribution in [-0.2, 0) is 11.2 Å². The maximum Gasteiger partial charge on any atom is 0.252 e. The van der Waals surface area contributed by atoms with E-state index >= 15 is 0 Å². The topological polar surface area (TPSA) is 39.3 Å². The molecule has 3 heterocycles. The molecule has 1 aromatic carbocycles. The predicted molar refractivity (Wildman–Crippen MR) is 95.2 cm³/mol. The van der Waals surface area contributed by atoms with Crippen LogP contribution in [0.15, 0.2) is 24.3 Å². The molecule has 2 aromatic rings. The Bertz CT molecular complexity index is 812. The molecule has 1 saturated heterocycles. The molecular formula is C18H21N3OS. The first-order valence-electron chi connectivity index (χ1n) is 8.29. The van der Waals surface area contributed by atoms with Crippen LogP contribution in [0, 0.1) is 0 Å². The largest absolute Gasteiger partial charge is 0.356 e. The van der Waals surface area contributed by atoms with E-state index in [-0.39, 0.29) is 24.0 Å². The van der Waals surface area contributed by atoms with Crippen LogP contribution in [0.1, 0.15) is 44.5 Å². The summed E-state index contributed by atoms with van der Waals surface area (Å²) in [4.78, 5) is 20.4. The van der Waals surface area contributed by atoms with Crippen molar-refractivity contribution in [1.82, 2.24) is 14.8 Å². The Morgan fingerprint density at radius 3 is 2.87 bits per heavy atom. The van der Waals surface area contributed by atoms with Crippen molar-refractivity contribution in [3.05, 3.63) is 35.5 Å². The number of carbonyl (C=O) groups is 1. The molecule has 0 bridgehead atoms. The second-order valence-electron chi connectivity index (χ2n) is 6.61. The van der Waals surface area contributed by atoms with Gasteiger partial charge in [-0.15, -0.1) is 0 Å². The highest BCUT2D eigenvalue weighted by Gasteiger charge is 2.49. The van der Waals surface area contributed by atoms with Gasteiger partial charge in [-0.3, -0.25) is 9.69 Å². The molecule has 1 N–H and O–H groups in total. The smallest absolute Gasteiger partial charge is 0.252 e. The molecule has 1 aromatic heterocycles. The number of aromatic nitrogens is 1. The second kappa shape index (κ2) is 5.06. The van der Waals surface area contributed by atoms with Gasteiger partial charge in [0.25, 0.3) is 5.91 Å². The number of rotatable bonds is 2. The molecule has 2 aliphatic heterocycles. The molecular weight excluding hydrogens is 306 g/mol. The van der Waals surface area contributed by atoms with Crippen molar-refractivity contribution in [2.24, 2.45) is 0 Å². The summed E-state index contributed by atoms with van der Waals surface area (Å²) < 4.78 is 0. The Balaban J connectivity index is 1.81. The molecule has 1 amide bonds. The minimum absolute atomic E-state index is 0.0988. The van der Waals surface area contributed by atoms with Gasteiger partial charge in [0.05, 0.1) is 6.04 Å². The Kier molecular flexibility index (Phi) is 3.23. The zero-order valence-electron chi connectivity index (χ0n) is 13.7. The number of nitrogens with zero attached hydrogens (tertiary/aromatic N) is 2. The summed E-state index contributed by atoms with van der Waals surface area (Å²) >= 11 is 5.66. The number of hydrogen-bond donors (Lipinski definition) is 1. The number of benzene rings is 1. The van der Waals surface area contributed by atoms with Crippen molar-refractivity contribution >= 4 is 34.1 Å². The lowest BCUT2D eigenvalue weighted by atomic mass is 9.93. The first-order valence-corrected chi connectivity index (χ1v) is 8.70. The average molecular weight is 327 g/mol. The molecule has 4 nitrogen and oxygen atoms in total. The van der Waals surface area contributed by atoms with Crippen LogP contribution < -0.4 is 0 Å². The zero-order chi connectivity index (χ0) is 16.3. The quantitative estimate of drug-likeness (QED) is 0.860. The Hall–Kier alpha value is -1.88.